The number of nitrogens with zero attached hydrogens (tertiary/aromatic N) is 3. The minimum absolute atomic E-state index is 0.0168. The van der Waals surface area contributed by atoms with Gasteiger partial charge < -0.3 is 4.42 Å². The number of para-hydroxylation sites is 1. The van der Waals surface area contributed by atoms with E-state index in [1.54, 1.807) is 0 Å². The summed E-state index contributed by atoms with van der Waals surface area (Å²) in [5.41, 5.74) is 9.01. The minimum atomic E-state index is -0.483. The molecule has 7 aromatic carbocycles. The molecule has 0 N–H and O–H groups in total. The van der Waals surface area contributed by atoms with Gasteiger partial charge in [0.15, 0.2) is 17.5 Å². The zero-order chi connectivity index (χ0) is 36.9. The van der Waals surface area contributed by atoms with Crippen LogP contribution in [0.15, 0.2) is 180 Å². The van der Waals surface area contributed by atoms with Crippen molar-refractivity contribution < 1.29 is 11.3 Å². The lowest BCUT2D eigenvalue weighted by atomic mass is 9.97. The van der Waals surface area contributed by atoms with Crippen molar-refractivity contribution in [1.82, 2.24) is 15.0 Å². The summed E-state index contributed by atoms with van der Waals surface area (Å²) in [6.07, 6.45) is 0. The van der Waals surface area contributed by atoms with Crippen LogP contribution in [0, 0.1) is 0 Å². The molecule has 0 saturated carbocycles. The second kappa shape index (κ2) is 12.2. The smallest absolute Gasteiger partial charge is 0.164 e. The summed E-state index contributed by atoms with van der Waals surface area (Å²) in [7, 11) is 0. The molecule has 0 unspecified atom stereocenters. The first-order chi connectivity index (χ1) is 26.3. The third-order valence-corrected chi connectivity index (χ3v) is 8.64. The highest BCUT2D eigenvalue weighted by Crippen LogP contribution is 2.38. The maximum Gasteiger partial charge on any atom is 0.164 e. The molecule has 0 spiro atoms. The predicted octanol–water partition coefficient (Wildman–Crippen LogP) is 11.8. The Labute approximate surface area is 291 Å². The fourth-order valence-electron chi connectivity index (χ4n) is 6.21. The number of aromatic nitrogens is 3. The molecule has 0 radical (unpaired) electrons. The zero-order valence-corrected chi connectivity index (χ0v) is 26.1. The standard InChI is InChI=1S/C45H29N3O/c1-4-12-30(13-5-1)32-22-24-34(25-23-32)44-46-43(33-16-8-3-9-17-33)47-45(48-44)37-26-27-41-40(29-37)39-21-11-20-38(42(39)49-41)36-19-10-18-35(28-36)31-14-6-2-7-15-31/h1-29H/i3D,8D,9D,16D,17D. The highest BCUT2D eigenvalue weighted by Gasteiger charge is 2.17. The Morgan fingerprint density at radius 3 is 1.67 bits per heavy atom. The number of furan rings is 1. The molecule has 0 bridgehead atoms. The SMILES string of the molecule is [2H]c1c([2H])c([2H])c(-c2nc(-c3ccc(-c4ccccc4)cc3)nc(-c3ccc4oc5c(-c6cccc(-c7ccccc7)c6)cccc5c4c3)n2)c([2H])c1[2H]. The van der Waals surface area contributed by atoms with Gasteiger partial charge in [-0.15, -0.1) is 0 Å². The van der Waals surface area contributed by atoms with Crippen molar-refractivity contribution in [2.45, 2.75) is 0 Å². The summed E-state index contributed by atoms with van der Waals surface area (Å²) in [6.45, 7) is 0. The van der Waals surface area contributed by atoms with Gasteiger partial charge in [0.25, 0.3) is 0 Å². The third kappa shape index (κ3) is 5.45. The van der Waals surface area contributed by atoms with E-state index in [1.807, 2.05) is 103 Å². The summed E-state index contributed by atoms with van der Waals surface area (Å²) in [6, 6.07) is 46.1. The highest BCUT2D eigenvalue weighted by atomic mass is 16.3. The Balaban J connectivity index is 1.19. The number of benzene rings is 7. The summed E-state index contributed by atoms with van der Waals surface area (Å²) < 4.78 is 48.7. The van der Waals surface area contributed by atoms with Crippen molar-refractivity contribution in [2.75, 3.05) is 0 Å². The van der Waals surface area contributed by atoms with E-state index < -0.39 is 18.1 Å². The van der Waals surface area contributed by atoms with Gasteiger partial charge in [0.2, 0.25) is 0 Å². The molecule has 0 amide bonds. The Bertz CT molecular complexity index is 2850. The van der Waals surface area contributed by atoms with Gasteiger partial charge in [-0.05, 0) is 52.1 Å². The number of hydrogen-bond donors (Lipinski definition) is 0. The monoisotopic (exact) mass is 632 g/mol. The molecule has 0 atom stereocenters. The maximum atomic E-state index is 8.69. The second-order valence-electron chi connectivity index (χ2n) is 11.7. The van der Waals surface area contributed by atoms with Gasteiger partial charge in [-0.3, -0.25) is 0 Å². The first-order valence-corrected chi connectivity index (χ1v) is 15.9. The third-order valence-electron chi connectivity index (χ3n) is 8.64. The van der Waals surface area contributed by atoms with Gasteiger partial charge in [0.1, 0.15) is 11.2 Å². The lowest BCUT2D eigenvalue weighted by Crippen LogP contribution is -2.00. The molecule has 0 fully saturated rings. The molecule has 9 aromatic rings. The molecule has 2 heterocycles. The van der Waals surface area contributed by atoms with Crippen molar-refractivity contribution in [3.8, 4) is 67.5 Å². The second-order valence-corrected chi connectivity index (χ2v) is 11.7. The Morgan fingerprint density at radius 1 is 0.388 bits per heavy atom. The molecular weight excluding hydrogens is 599 g/mol. The first-order valence-electron chi connectivity index (χ1n) is 18.4. The Morgan fingerprint density at radius 2 is 0.939 bits per heavy atom. The van der Waals surface area contributed by atoms with Crippen molar-refractivity contribution in [3.05, 3.63) is 176 Å². The van der Waals surface area contributed by atoms with E-state index in [2.05, 4.69) is 42.5 Å². The minimum Gasteiger partial charge on any atom is -0.455 e. The van der Waals surface area contributed by atoms with Crippen molar-refractivity contribution in [2.24, 2.45) is 0 Å². The predicted molar refractivity (Wildman–Crippen MR) is 200 cm³/mol. The summed E-state index contributed by atoms with van der Waals surface area (Å²) in [5.74, 6) is 0.577. The quantitative estimate of drug-likeness (QED) is 0.183. The summed E-state index contributed by atoms with van der Waals surface area (Å²) >= 11 is 0. The van der Waals surface area contributed by atoms with E-state index in [9.17, 15) is 0 Å². The number of fused-ring (bicyclic) bond motifs is 3. The van der Waals surface area contributed by atoms with Gasteiger partial charge in [-0.1, -0.05) is 152 Å². The van der Waals surface area contributed by atoms with Crippen molar-refractivity contribution >= 4 is 21.9 Å². The first kappa shape index (κ1) is 23.6. The van der Waals surface area contributed by atoms with Crippen molar-refractivity contribution in [1.29, 1.82) is 0 Å². The molecule has 9 rings (SSSR count). The van der Waals surface area contributed by atoms with Crippen LogP contribution in [0.5, 0.6) is 0 Å². The fourth-order valence-corrected chi connectivity index (χ4v) is 6.21. The van der Waals surface area contributed by atoms with Gasteiger partial charge in [0, 0.05) is 33.0 Å². The summed E-state index contributed by atoms with van der Waals surface area (Å²) in [5, 5.41) is 1.79. The van der Waals surface area contributed by atoms with Crippen LogP contribution < -0.4 is 0 Å². The maximum absolute atomic E-state index is 8.69. The van der Waals surface area contributed by atoms with E-state index in [-0.39, 0.29) is 29.3 Å². The van der Waals surface area contributed by atoms with Crippen molar-refractivity contribution in [3.63, 3.8) is 0 Å². The van der Waals surface area contributed by atoms with E-state index in [0.29, 0.717) is 22.5 Å². The van der Waals surface area contributed by atoms with Crippen LogP contribution in [-0.4, -0.2) is 15.0 Å². The molecule has 0 saturated heterocycles. The molecule has 0 aliphatic carbocycles. The van der Waals surface area contributed by atoms with Crippen LogP contribution in [-0.2, 0) is 0 Å². The molecule has 49 heavy (non-hydrogen) atoms. The Kier molecular flexibility index (Phi) is 5.87. The van der Waals surface area contributed by atoms with Crippen LogP contribution in [0.4, 0.5) is 0 Å². The van der Waals surface area contributed by atoms with Gasteiger partial charge >= 0.3 is 0 Å². The summed E-state index contributed by atoms with van der Waals surface area (Å²) in [4.78, 5) is 14.3. The average molecular weight is 633 g/mol. The van der Waals surface area contributed by atoms with E-state index >= 15 is 0 Å². The molecule has 4 nitrogen and oxygen atoms in total. The molecule has 4 heteroatoms. The van der Waals surface area contributed by atoms with E-state index in [0.717, 1.165) is 49.7 Å². The van der Waals surface area contributed by atoms with Gasteiger partial charge in [0.05, 0.1) is 6.85 Å². The topological polar surface area (TPSA) is 51.8 Å². The lowest BCUT2D eigenvalue weighted by Gasteiger charge is -2.09. The van der Waals surface area contributed by atoms with Gasteiger partial charge in [-0.25, -0.2) is 15.0 Å². The normalized spacial score (nSPS) is 12.7. The van der Waals surface area contributed by atoms with Gasteiger partial charge in [-0.2, -0.15) is 0 Å². The number of hydrogen-bond acceptors (Lipinski definition) is 4. The molecule has 0 aliphatic heterocycles. The Hall–Kier alpha value is -6.65. The largest absolute Gasteiger partial charge is 0.455 e. The zero-order valence-electron chi connectivity index (χ0n) is 31.1. The van der Waals surface area contributed by atoms with Crippen LogP contribution in [0.3, 0.4) is 0 Å². The van der Waals surface area contributed by atoms with E-state index in [1.165, 1.54) is 0 Å². The van der Waals surface area contributed by atoms with Crippen LogP contribution in [0.2, 0.25) is 0 Å². The van der Waals surface area contributed by atoms with Crippen LogP contribution >= 0.6 is 0 Å². The molecular formula is C45H29N3O. The fraction of sp³-hybridized carbons (Fsp3) is 0. The van der Waals surface area contributed by atoms with Crippen LogP contribution in [0.1, 0.15) is 6.85 Å². The average Bonchev–Trinajstić information content (AvgIpc) is 3.61. The lowest BCUT2D eigenvalue weighted by molar-refractivity contribution is 0.670. The molecule has 2 aromatic heterocycles. The number of rotatable bonds is 6. The molecule has 0 aliphatic rings. The van der Waals surface area contributed by atoms with E-state index in [4.69, 9.17) is 26.2 Å². The van der Waals surface area contributed by atoms with Crippen LogP contribution in [0.25, 0.3) is 89.5 Å². The molecule has 230 valence electrons. The highest BCUT2D eigenvalue weighted by molar-refractivity contribution is 6.10.